The highest BCUT2D eigenvalue weighted by molar-refractivity contribution is 7.89. The van der Waals surface area contributed by atoms with Gasteiger partial charge in [0.2, 0.25) is 10.0 Å². The minimum absolute atomic E-state index is 0.0275. The van der Waals surface area contributed by atoms with Gasteiger partial charge in [-0.2, -0.15) is 10.1 Å². The van der Waals surface area contributed by atoms with Crippen LogP contribution in [-0.2, 0) is 14.8 Å². The van der Waals surface area contributed by atoms with Gasteiger partial charge in [-0.15, -0.1) is 0 Å². The molecule has 3 aromatic rings. The number of carbonyl (C=O) groups excluding carboxylic acids is 1. The van der Waals surface area contributed by atoms with Gasteiger partial charge in [0.15, 0.2) is 0 Å². The van der Waals surface area contributed by atoms with Crippen molar-refractivity contribution >= 4 is 33.4 Å². The molecule has 0 fully saturated rings. The molecule has 0 spiro atoms. The third-order valence-electron chi connectivity index (χ3n) is 4.72. The minimum Gasteiger partial charge on any atom is -0.457 e. The van der Waals surface area contributed by atoms with Crippen LogP contribution in [0.25, 0.3) is 17.4 Å². The van der Waals surface area contributed by atoms with E-state index in [0.29, 0.717) is 34.1 Å². The van der Waals surface area contributed by atoms with Crippen LogP contribution in [0.2, 0.25) is 0 Å². The van der Waals surface area contributed by atoms with Crippen LogP contribution in [-0.4, -0.2) is 20.0 Å². The molecule has 2 aromatic carbocycles. The number of nitrogens with zero attached hydrogens (tertiary/aromatic N) is 2. The van der Waals surface area contributed by atoms with Crippen LogP contribution < -0.4 is 10.1 Å². The van der Waals surface area contributed by atoms with Crippen LogP contribution in [0.4, 0.5) is 5.69 Å². The number of hydrogen-bond acceptors (Lipinski definition) is 5. The molecule has 8 heteroatoms. The van der Waals surface area contributed by atoms with E-state index >= 15 is 0 Å². The number of hydrazone groups is 1. The Balaban J connectivity index is 1.59. The van der Waals surface area contributed by atoms with E-state index in [-0.39, 0.29) is 10.8 Å². The Hall–Kier alpha value is -3.49. The summed E-state index contributed by atoms with van der Waals surface area (Å²) in [6.07, 6.45) is 1.65. The maximum atomic E-state index is 12.8. The lowest BCUT2D eigenvalue weighted by Crippen LogP contribution is -2.21. The van der Waals surface area contributed by atoms with Crippen molar-refractivity contribution in [2.45, 2.75) is 18.7 Å². The van der Waals surface area contributed by atoms with Gasteiger partial charge in [-0.3, -0.25) is 4.79 Å². The topological polar surface area (TPSA) is 106 Å². The molecule has 0 unspecified atom stereocenters. The zero-order valence-electron chi connectivity index (χ0n) is 16.4. The molecule has 0 saturated carbocycles. The van der Waals surface area contributed by atoms with Gasteiger partial charge in [0, 0.05) is 5.56 Å². The van der Waals surface area contributed by atoms with E-state index < -0.39 is 10.0 Å². The monoisotopic (exact) mass is 421 g/mol. The van der Waals surface area contributed by atoms with Crippen molar-refractivity contribution in [1.82, 2.24) is 0 Å². The third kappa shape index (κ3) is 3.83. The van der Waals surface area contributed by atoms with Crippen molar-refractivity contribution < 1.29 is 17.6 Å². The molecule has 2 N–H and O–H groups in total. The number of primary sulfonamides is 1. The Morgan fingerprint density at radius 3 is 2.27 bits per heavy atom. The maximum Gasteiger partial charge on any atom is 0.280 e. The molecule has 0 saturated heterocycles. The Bertz CT molecular complexity index is 1280. The van der Waals surface area contributed by atoms with Crippen LogP contribution in [0.15, 0.2) is 80.7 Å². The second kappa shape index (κ2) is 7.40. The van der Waals surface area contributed by atoms with E-state index in [2.05, 4.69) is 5.10 Å². The van der Waals surface area contributed by atoms with Crippen LogP contribution in [0.1, 0.15) is 18.2 Å². The fraction of sp³-hybridized carbons (Fsp3) is 0.0909. The minimum atomic E-state index is -3.75. The summed E-state index contributed by atoms with van der Waals surface area (Å²) < 4.78 is 28.6. The number of furan rings is 1. The van der Waals surface area contributed by atoms with Gasteiger partial charge < -0.3 is 4.42 Å². The number of hydrogen-bond donors (Lipinski definition) is 1. The Labute approximate surface area is 174 Å². The Kier molecular flexibility index (Phi) is 4.89. The predicted molar refractivity (Wildman–Crippen MR) is 115 cm³/mol. The van der Waals surface area contributed by atoms with Crippen molar-refractivity contribution in [3.05, 3.63) is 77.6 Å². The molecule has 0 bridgehead atoms. The normalized spacial score (nSPS) is 15.7. The van der Waals surface area contributed by atoms with Gasteiger partial charge in [-0.1, -0.05) is 17.7 Å². The standard InChI is InChI=1S/C22H19N3O4S/c1-14-3-7-17(8-4-14)25-22(26)20(15(2)24-25)13-18-9-12-21(29-18)16-5-10-19(11-6-16)30(23,27)28/h3-13H,1-2H3,(H2,23,27,28)/b20-13+. The van der Waals surface area contributed by atoms with E-state index in [0.717, 1.165) is 5.56 Å². The molecule has 0 aliphatic carbocycles. The van der Waals surface area contributed by atoms with Gasteiger partial charge >= 0.3 is 0 Å². The SMILES string of the molecule is CC1=NN(c2ccc(C)cc2)C(=O)/C1=C/c1ccc(-c2ccc(S(N)(=O)=O)cc2)o1. The van der Waals surface area contributed by atoms with Crippen molar-refractivity contribution in [2.24, 2.45) is 10.2 Å². The summed E-state index contributed by atoms with van der Waals surface area (Å²) in [6.45, 7) is 3.75. The first kappa shape index (κ1) is 19.8. The van der Waals surface area contributed by atoms with Crippen LogP contribution in [0.3, 0.4) is 0 Å². The molecule has 1 aromatic heterocycles. The van der Waals surface area contributed by atoms with Crippen molar-refractivity contribution in [2.75, 3.05) is 5.01 Å². The summed E-state index contributed by atoms with van der Waals surface area (Å²) in [4.78, 5) is 12.9. The molecule has 1 amide bonds. The van der Waals surface area contributed by atoms with Crippen LogP contribution >= 0.6 is 0 Å². The molecule has 4 rings (SSSR count). The summed E-state index contributed by atoms with van der Waals surface area (Å²) in [7, 11) is -3.75. The highest BCUT2D eigenvalue weighted by Gasteiger charge is 2.29. The summed E-state index contributed by atoms with van der Waals surface area (Å²) >= 11 is 0. The summed E-state index contributed by atoms with van der Waals surface area (Å²) in [6, 6.07) is 17.1. The van der Waals surface area contributed by atoms with E-state index in [1.165, 1.54) is 17.1 Å². The summed E-state index contributed by atoms with van der Waals surface area (Å²) in [5, 5.41) is 10.9. The second-order valence-corrected chi connectivity index (χ2v) is 8.53. The summed E-state index contributed by atoms with van der Waals surface area (Å²) in [5.74, 6) is 0.800. The van der Waals surface area contributed by atoms with Gasteiger partial charge in [0.05, 0.1) is 21.9 Å². The van der Waals surface area contributed by atoms with Gasteiger partial charge in [0.1, 0.15) is 11.5 Å². The number of amides is 1. The lowest BCUT2D eigenvalue weighted by atomic mass is 10.1. The lowest BCUT2D eigenvalue weighted by molar-refractivity contribution is -0.114. The molecule has 0 radical (unpaired) electrons. The first-order valence-corrected chi connectivity index (χ1v) is 10.7. The number of benzene rings is 2. The van der Waals surface area contributed by atoms with Crippen LogP contribution in [0.5, 0.6) is 0 Å². The molecule has 1 aliphatic heterocycles. The molecule has 0 atom stereocenters. The first-order valence-electron chi connectivity index (χ1n) is 9.14. The number of sulfonamides is 1. The molecule has 152 valence electrons. The number of carbonyl (C=O) groups is 1. The summed E-state index contributed by atoms with van der Waals surface area (Å²) in [5.41, 5.74) is 3.53. The highest BCUT2D eigenvalue weighted by Crippen LogP contribution is 2.28. The fourth-order valence-corrected chi connectivity index (χ4v) is 3.60. The average molecular weight is 421 g/mol. The van der Waals surface area contributed by atoms with Gasteiger partial charge in [0.25, 0.3) is 5.91 Å². The second-order valence-electron chi connectivity index (χ2n) is 6.97. The Morgan fingerprint density at radius 1 is 0.967 bits per heavy atom. The number of nitrogens with two attached hydrogens (primary N) is 1. The molecule has 2 heterocycles. The smallest absolute Gasteiger partial charge is 0.280 e. The number of aryl methyl sites for hydroxylation is 1. The Morgan fingerprint density at radius 2 is 1.63 bits per heavy atom. The molecular weight excluding hydrogens is 402 g/mol. The van der Waals surface area contributed by atoms with Gasteiger partial charge in [-0.05, 0) is 68.5 Å². The average Bonchev–Trinajstić information content (AvgIpc) is 3.28. The zero-order chi connectivity index (χ0) is 21.5. The lowest BCUT2D eigenvalue weighted by Gasteiger charge is -2.11. The van der Waals surface area contributed by atoms with Crippen LogP contribution in [0, 0.1) is 6.92 Å². The fourth-order valence-electron chi connectivity index (χ4n) is 3.08. The van der Waals surface area contributed by atoms with Crippen molar-refractivity contribution in [1.29, 1.82) is 0 Å². The van der Waals surface area contributed by atoms with E-state index in [4.69, 9.17) is 9.56 Å². The van der Waals surface area contributed by atoms with E-state index in [9.17, 15) is 13.2 Å². The molecule has 30 heavy (non-hydrogen) atoms. The van der Waals surface area contributed by atoms with Crippen molar-refractivity contribution in [3.8, 4) is 11.3 Å². The predicted octanol–water partition coefficient (Wildman–Crippen LogP) is 3.71. The highest BCUT2D eigenvalue weighted by atomic mass is 32.2. The van der Waals surface area contributed by atoms with E-state index in [1.807, 2.05) is 31.2 Å². The molecule has 7 nitrogen and oxygen atoms in total. The largest absolute Gasteiger partial charge is 0.457 e. The maximum absolute atomic E-state index is 12.8. The van der Waals surface area contributed by atoms with Crippen molar-refractivity contribution in [3.63, 3.8) is 0 Å². The third-order valence-corrected chi connectivity index (χ3v) is 5.65. The molecular formula is C22H19N3O4S. The van der Waals surface area contributed by atoms with E-state index in [1.54, 1.807) is 37.3 Å². The quantitative estimate of drug-likeness (QED) is 0.648. The first-order chi connectivity index (χ1) is 14.2. The number of anilines is 1. The number of rotatable bonds is 4. The zero-order valence-corrected chi connectivity index (χ0v) is 17.2. The molecule has 1 aliphatic rings. The van der Waals surface area contributed by atoms with Gasteiger partial charge in [-0.25, -0.2) is 13.6 Å².